The van der Waals surface area contributed by atoms with Gasteiger partial charge in [0.15, 0.2) is 0 Å². The van der Waals surface area contributed by atoms with Crippen LogP contribution in [-0.2, 0) is 16.0 Å². The van der Waals surface area contributed by atoms with Crippen molar-refractivity contribution in [1.29, 1.82) is 0 Å². The van der Waals surface area contributed by atoms with Gasteiger partial charge in [-0.1, -0.05) is 18.7 Å². The quantitative estimate of drug-likeness (QED) is 0.625. The normalized spacial score (nSPS) is 9.71. The molecule has 17 heavy (non-hydrogen) atoms. The monoisotopic (exact) mass is 234 g/mol. The number of carboxylic acids is 1. The summed E-state index contributed by atoms with van der Waals surface area (Å²) in [7, 11) is 0. The maximum absolute atomic E-state index is 11.3. The van der Waals surface area contributed by atoms with E-state index in [1.807, 2.05) is 0 Å². The lowest BCUT2D eigenvalue weighted by atomic mass is 10.0. The van der Waals surface area contributed by atoms with Crippen LogP contribution >= 0.6 is 0 Å². The van der Waals surface area contributed by atoms with Gasteiger partial charge in [-0.2, -0.15) is 0 Å². The summed E-state index contributed by atoms with van der Waals surface area (Å²) in [5.41, 5.74) is 1.40. The first kappa shape index (κ1) is 13.0. The van der Waals surface area contributed by atoms with Crippen molar-refractivity contribution in [3.63, 3.8) is 0 Å². The molecular formula is C13H14O4. The molecule has 0 amide bonds. The molecule has 0 aromatic heterocycles. The van der Waals surface area contributed by atoms with Gasteiger partial charge in [0, 0.05) is 12.0 Å². The predicted molar refractivity (Wildman–Crippen MR) is 62.9 cm³/mol. The SMILES string of the molecule is C=C(Cc1ccc(C(=O)O)cc1)C(=O)OCC. The molecular weight excluding hydrogens is 220 g/mol. The van der Waals surface area contributed by atoms with Crippen LogP contribution in [0.3, 0.4) is 0 Å². The summed E-state index contributed by atoms with van der Waals surface area (Å²) in [4.78, 5) is 21.9. The Morgan fingerprint density at radius 3 is 2.35 bits per heavy atom. The standard InChI is InChI=1S/C13H14O4/c1-3-17-13(16)9(2)8-10-4-6-11(7-5-10)12(14)15/h4-7H,2-3,8H2,1H3,(H,14,15). The second-order valence-corrected chi connectivity index (χ2v) is 3.50. The summed E-state index contributed by atoms with van der Waals surface area (Å²) in [5, 5.41) is 8.72. The zero-order valence-electron chi connectivity index (χ0n) is 9.60. The van der Waals surface area contributed by atoms with Crippen molar-refractivity contribution >= 4 is 11.9 Å². The van der Waals surface area contributed by atoms with Crippen molar-refractivity contribution in [3.8, 4) is 0 Å². The molecule has 0 fully saturated rings. The van der Waals surface area contributed by atoms with Crippen LogP contribution in [0.25, 0.3) is 0 Å². The Balaban J connectivity index is 2.66. The largest absolute Gasteiger partial charge is 0.478 e. The van der Waals surface area contributed by atoms with E-state index in [0.717, 1.165) is 5.56 Å². The maximum Gasteiger partial charge on any atom is 0.335 e. The Morgan fingerprint density at radius 1 is 1.29 bits per heavy atom. The van der Waals surface area contributed by atoms with Gasteiger partial charge in [0.05, 0.1) is 12.2 Å². The first-order chi connectivity index (χ1) is 8.04. The van der Waals surface area contributed by atoms with Crippen LogP contribution in [0.15, 0.2) is 36.4 Å². The second-order valence-electron chi connectivity index (χ2n) is 3.50. The van der Waals surface area contributed by atoms with Crippen LogP contribution in [-0.4, -0.2) is 23.7 Å². The Kier molecular flexibility index (Phi) is 4.46. The average molecular weight is 234 g/mol. The van der Waals surface area contributed by atoms with Crippen LogP contribution in [0.4, 0.5) is 0 Å². The first-order valence-corrected chi connectivity index (χ1v) is 5.21. The van der Waals surface area contributed by atoms with E-state index in [0.29, 0.717) is 18.6 Å². The molecule has 0 aliphatic carbocycles. The summed E-state index contributed by atoms with van der Waals surface area (Å²) in [6, 6.07) is 6.31. The molecule has 0 saturated heterocycles. The van der Waals surface area contributed by atoms with Crippen molar-refractivity contribution in [1.82, 2.24) is 0 Å². The van der Waals surface area contributed by atoms with Gasteiger partial charge in [0.2, 0.25) is 0 Å². The molecule has 0 bridgehead atoms. The third-order valence-corrected chi connectivity index (χ3v) is 2.18. The molecule has 0 spiro atoms. The van der Waals surface area contributed by atoms with Crippen molar-refractivity contribution in [2.75, 3.05) is 6.61 Å². The molecule has 0 aliphatic rings. The molecule has 90 valence electrons. The molecule has 4 nitrogen and oxygen atoms in total. The highest BCUT2D eigenvalue weighted by Gasteiger charge is 2.09. The van der Waals surface area contributed by atoms with Crippen LogP contribution in [0.2, 0.25) is 0 Å². The zero-order valence-corrected chi connectivity index (χ0v) is 9.60. The maximum atomic E-state index is 11.3. The smallest absolute Gasteiger partial charge is 0.335 e. The van der Waals surface area contributed by atoms with Gasteiger partial charge in [0.1, 0.15) is 0 Å². The summed E-state index contributed by atoms with van der Waals surface area (Å²) in [5.74, 6) is -1.39. The number of rotatable bonds is 5. The molecule has 0 atom stereocenters. The second kappa shape index (κ2) is 5.84. The number of hydrogen-bond acceptors (Lipinski definition) is 3. The predicted octanol–water partition coefficient (Wildman–Crippen LogP) is 2.05. The summed E-state index contributed by atoms with van der Waals surface area (Å²) in [6.07, 6.45) is 0.360. The number of carbonyl (C=O) groups excluding carboxylic acids is 1. The third-order valence-electron chi connectivity index (χ3n) is 2.18. The molecule has 1 rings (SSSR count). The van der Waals surface area contributed by atoms with Crippen LogP contribution in [0.1, 0.15) is 22.8 Å². The Bertz CT molecular complexity index is 431. The average Bonchev–Trinajstić information content (AvgIpc) is 2.30. The minimum absolute atomic E-state index is 0.218. The molecule has 0 saturated carbocycles. The van der Waals surface area contributed by atoms with E-state index in [1.54, 1.807) is 19.1 Å². The van der Waals surface area contributed by atoms with Gasteiger partial charge in [-0.3, -0.25) is 0 Å². The Labute approximate surface area is 99.5 Å². The van der Waals surface area contributed by atoms with Gasteiger partial charge in [-0.05, 0) is 24.6 Å². The van der Waals surface area contributed by atoms with Crippen molar-refractivity contribution in [3.05, 3.63) is 47.5 Å². The molecule has 4 heteroatoms. The van der Waals surface area contributed by atoms with Gasteiger partial charge >= 0.3 is 11.9 Å². The lowest BCUT2D eigenvalue weighted by molar-refractivity contribution is -0.138. The number of hydrogen-bond donors (Lipinski definition) is 1. The molecule has 0 unspecified atom stereocenters. The Morgan fingerprint density at radius 2 is 1.88 bits per heavy atom. The van der Waals surface area contributed by atoms with Crippen LogP contribution in [0.5, 0.6) is 0 Å². The Hall–Kier alpha value is -2.10. The first-order valence-electron chi connectivity index (χ1n) is 5.21. The van der Waals surface area contributed by atoms with Gasteiger partial charge in [0.25, 0.3) is 0 Å². The summed E-state index contributed by atoms with van der Waals surface area (Å²) < 4.78 is 4.81. The van der Waals surface area contributed by atoms with Crippen LogP contribution in [0, 0.1) is 0 Å². The lowest BCUT2D eigenvalue weighted by Crippen LogP contribution is -2.08. The summed E-state index contributed by atoms with van der Waals surface area (Å²) in [6.45, 7) is 5.68. The van der Waals surface area contributed by atoms with E-state index < -0.39 is 11.9 Å². The van der Waals surface area contributed by atoms with Crippen molar-refractivity contribution < 1.29 is 19.4 Å². The van der Waals surface area contributed by atoms with E-state index >= 15 is 0 Å². The summed E-state index contributed by atoms with van der Waals surface area (Å²) >= 11 is 0. The van der Waals surface area contributed by atoms with Crippen molar-refractivity contribution in [2.24, 2.45) is 0 Å². The minimum Gasteiger partial charge on any atom is -0.478 e. The molecule has 0 radical (unpaired) electrons. The number of esters is 1. The van der Waals surface area contributed by atoms with E-state index in [-0.39, 0.29) is 5.56 Å². The minimum atomic E-state index is -0.972. The molecule has 1 aromatic rings. The number of aromatic carboxylic acids is 1. The molecule has 1 N–H and O–H groups in total. The van der Waals surface area contributed by atoms with Gasteiger partial charge in [-0.25, -0.2) is 9.59 Å². The number of carbonyl (C=O) groups is 2. The van der Waals surface area contributed by atoms with Gasteiger partial charge in [-0.15, -0.1) is 0 Å². The lowest BCUT2D eigenvalue weighted by Gasteiger charge is -2.05. The highest BCUT2D eigenvalue weighted by Crippen LogP contribution is 2.10. The fraction of sp³-hybridized carbons (Fsp3) is 0.231. The van der Waals surface area contributed by atoms with Crippen LogP contribution < -0.4 is 0 Å². The van der Waals surface area contributed by atoms with E-state index in [9.17, 15) is 9.59 Å². The number of benzene rings is 1. The highest BCUT2D eigenvalue weighted by molar-refractivity contribution is 5.89. The fourth-order valence-corrected chi connectivity index (χ4v) is 1.32. The number of carboxylic acid groups (broad SMARTS) is 1. The van der Waals surface area contributed by atoms with Crippen molar-refractivity contribution in [2.45, 2.75) is 13.3 Å². The topological polar surface area (TPSA) is 63.6 Å². The molecule has 1 aromatic carbocycles. The van der Waals surface area contributed by atoms with Gasteiger partial charge < -0.3 is 9.84 Å². The zero-order chi connectivity index (χ0) is 12.8. The fourth-order valence-electron chi connectivity index (χ4n) is 1.32. The number of ether oxygens (including phenoxy) is 1. The van der Waals surface area contributed by atoms with E-state index in [2.05, 4.69) is 6.58 Å². The highest BCUT2D eigenvalue weighted by atomic mass is 16.5. The van der Waals surface area contributed by atoms with E-state index in [4.69, 9.17) is 9.84 Å². The van der Waals surface area contributed by atoms with E-state index in [1.165, 1.54) is 12.1 Å². The molecule has 0 aliphatic heterocycles. The third kappa shape index (κ3) is 3.75. The molecule has 0 heterocycles.